The first-order valence-electron chi connectivity index (χ1n) is 3.22. The quantitative estimate of drug-likeness (QED) is 0.560. The maximum absolute atomic E-state index is 5.69. The smallest absolute Gasteiger partial charge is 0.153 e. The van der Waals surface area contributed by atoms with Crippen LogP contribution < -0.4 is 4.90 Å². The molecule has 1 aliphatic heterocycles. The van der Waals surface area contributed by atoms with Gasteiger partial charge in [0.05, 0.1) is 6.54 Å². The molecular formula is C6H8ClN3. The zero-order valence-corrected chi connectivity index (χ0v) is 6.47. The van der Waals surface area contributed by atoms with Crippen LogP contribution >= 0.6 is 11.6 Å². The lowest BCUT2D eigenvalue weighted by atomic mass is 10.6. The summed E-state index contributed by atoms with van der Waals surface area (Å²) in [6.45, 7) is 2.00. The molecule has 4 heteroatoms. The van der Waals surface area contributed by atoms with Crippen molar-refractivity contribution in [2.75, 3.05) is 18.5 Å². The second-order valence-corrected chi connectivity index (χ2v) is 2.86. The number of hydrogen-bond acceptors (Lipinski definition) is 2. The van der Waals surface area contributed by atoms with Gasteiger partial charge in [0, 0.05) is 19.7 Å². The van der Waals surface area contributed by atoms with Gasteiger partial charge in [-0.3, -0.25) is 0 Å². The Morgan fingerprint density at radius 2 is 2.40 bits per heavy atom. The topological polar surface area (TPSA) is 21.1 Å². The molecule has 0 radical (unpaired) electrons. The predicted octanol–water partition coefficient (Wildman–Crippen LogP) is 0.986. The minimum Gasteiger partial charge on any atom is -0.358 e. The van der Waals surface area contributed by atoms with Gasteiger partial charge >= 0.3 is 0 Å². The molecule has 0 atom stereocenters. The zero-order chi connectivity index (χ0) is 7.14. The van der Waals surface area contributed by atoms with Gasteiger partial charge in [0.2, 0.25) is 0 Å². The maximum atomic E-state index is 5.69. The number of likely N-dealkylation sites (N-methyl/N-ethyl adjacent to an activating group) is 1. The van der Waals surface area contributed by atoms with Crippen LogP contribution in [0.3, 0.4) is 0 Å². The molecule has 0 bridgehead atoms. The molecule has 3 nitrogen and oxygen atoms in total. The van der Waals surface area contributed by atoms with Crippen LogP contribution in [0.4, 0.5) is 5.82 Å². The first-order chi connectivity index (χ1) is 4.77. The number of hydrogen-bond donors (Lipinski definition) is 0. The highest BCUT2D eigenvalue weighted by molar-refractivity contribution is 6.29. The predicted molar refractivity (Wildman–Crippen MR) is 40.5 cm³/mol. The summed E-state index contributed by atoms with van der Waals surface area (Å²) in [6.07, 6.45) is 0. The van der Waals surface area contributed by atoms with Crippen molar-refractivity contribution >= 4 is 17.4 Å². The third-order valence-corrected chi connectivity index (χ3v) is 1.95. The monoisotopic (exact) mass is 157 g/mol. The first kappa shape index (κ1) is 6.04. The molecule has 54 valence electrons. The Hall–Kier alpha value is -0.700. The molecular weight excluding hydrogens is 150 g/mol. The molecule has 0 amide bonds. The molecule has 2 rings (SSSR count). The van der Waals surface area contributed by atoms with E-state index in [2.05, 4.69) is 10.00 Å². The van der Waals surface area contributed by atoms with E-state index in [1.807, 2.05) is 17.8 Å². The second kappa shape index (κ2) is 1.89. The van der Waals surface area contributed by atoms with Crippen LogP contribution in [0.15, 0.2) is 6.07 Å². The Labute approximate surface area is 64.2 Å². The van der Waals surface area contributed by atoms with Gasteiger partial charge in [0.25, 0.3) is 0 Å². The molecule has 1 aromatic heterocycles. The van der Waals surface area contributed by atoms with Crippen LogP contribution in [-0.4, -0.2) is 23.4 Å². The summed E-state index contributed by atoms with van der Waals surface area (Å²) < 4.78 is 1.92. The molecule has 0 saturated carbocycles. The molecule has 2 heterocycles. The van der Waals surface area contributed by atoms with E-state index in [1.165, 1.54) is 0 Å². The van der Waals surface area contributed by atoms with Crippen LogP contribution in [0, 0.1) is 0 Å². The summed E-state index contributed by atoms with van der Waals surface area (Å²) in [6, 6.07) is 1.88. The molecule has 1 aliphatic rings. The molecule has 10 heavy (non-hydrogen) atoms. The summed E-state index contributed by atoms with van der Waals surface area (Å²) in [5, 5.41) is 4.67. The summed E-state index contributed by atoms with van der Waals surface area (Å²) in [5.41, 5.74) is 0. The summed E-state index contributed by atoms with van der Waals surface area (Å²) in [5.74, 6) is 1.12. The largest absolute Gasteiger partial charge is 0.358 e. The van der Waals surface area contributed by atoms with Gasteiger partial charge in [0.15, 0.2) is 5.15 Å². The number of aromatic nitrogens is 2. The fourth-order valence-electron chi connectivity index (χ4n) is 1.21. The van der Waals surface area contributed by atoms with Crippen molar-refractivity contribution in [2.24, 2.45) is 0 Å². The molecule has 0 saturated heterocycles. The van der Waals surface area contributed by atoms with E-state index >= 15 is 0 Å². The van der Waals surface area contributed by atoms with Gasteiger partial charge < -0.3 is 4.90 Å². The molecule has 0 aliphatic carbocycles. The first-order valence-corrected chi connectivity index (χ1v) is 3.59. The summed E-state index contributed by atoms with van der Waals surface area (Å²) in [7, 11) is 2.04. The molecule has 0 spiro atoms. The molecule has 0 unspecified atom stereocenters. The second-order valence-electron chi connectivity index (χ2n) is 2.47. The number of fused-ring (bicyclic) bond motifs is 1. The Bertz CT molecular complexity index is 255. The van der Waals surface area contributed by atoms with Crippen molar-refractivity contribution in [2.45, 2.75) is 6.54 Å². The van der Waals surface area contributed by atoms with Crippen molar-refractivity contribution in [1.29, 1.82) is 0 Å². The van der Waals surface area contributed by atoms with Gasteiger partial charge in [-0.2, -0.15) is 5.10 Å². The van der Waals surface area contributed by atoms with E-state index in [0.29, 0.717) is 5.15 Å². The Morgan fingerprint density at radius 1 is 1.60 bits per heavy atom. The van der Waals surface area contributed by atoms with Gasteiger partial charge in [-0.25, -0.2) is 4.68 Å². The molecule has 1 aromatic rings. The van der Waals surface area contributed by atoms with Crippen molar-refractivity contribution in [3.63, 3.8) is 0 Å². The summed E-state index contributed by atoms with van der Waals surface area (Å²) >= 11 is 5.69. The number of nitrogens with zero attached hydrogens (tertiary/aromatic N) is 3. The van der Waals surface area contributed by atoms with E-state index < -0.39 is 0 Å². The number of anilines is 1. The van der Waals surface area contributed by atoms with Crippen molar-refractivity contribution in [1.82, 2.24) is 9.78 Å². The number of rotatable bonds is 0. The van der Waals surface area contributed by atoms with Crippen molar-refractivity contribution in [3.8, 4) is 0 Å². The number of halogens is 1. The SMILES string of the molecule is CN1CCn2nc(Cl)cc21. The third-order valence-electron chi connectivity index (χ3n) is 1.77. The van der Waals surface area contributed by atoms with Crippen LogP contribution in [0.25, 0.3) is 0 Å². The highest BCUT2D eigenvalue weighted by Crippen LogP contribution is 2.22. The van der Waals surface area contributed by atoms with Crippen LogP contribution in [-0.2, 0) is 6.54 Å². The van der Waals surface area contributed by atoms with Gasteiger partial charge in [-0.15, -0.1) is 0 Å². The van der Waals surface area contributed by atoms with E-state index in [4.69, 9.17) is 11.6 Å². The van der Waals surface area contributed by atoms with Crippen LogP contribution in [0.5, 0.6) is 0 Å². The third kappa shape index (κ3) is 0.703. The standard InChI is InChI=1S/C6H8ClN3/c1-9-2-3-10-6(9)4-5(7)8-10/h4H,2-3H2,1H3. The lowest BCUT2D eigenvalue weighted by Gasteiger charge is -2.05. The van der Waals surface area contributed by atoms with Gasteiger partial charge in [-0.05, 0) is 0 Å². The maximum Gasteiger partial charge on any atom is 0.153 e. The molecule has 0 aromatic carbocycles. The Morgan fingerprint density at radius 3 is 3.10 bits per heavy atom. The average Bonchev–Trinajstić information content (AvgIpc) is 2.35. The minimum atomic E-state index is 0.585. The van der Waals surface area contributed by atoms with E-state index in [9.17, 15) is 0 Å². The minimum absolute atomic E-state index is 0.585. The Balaban J connectivity index is 2.49. The van der Waals surface area contributed by atoms with Gasteiger partial charge in [-0.1, -0.05) is 11.6 Å². The van der Waals surface area contributed by atoms with Crippen molar-refractivity contribution < 1.29 is 0 Å². The normalized spacial score (nSPS) is 16.0. The van der Waals surface area contributed by atoms with E-state index in [-0.39, 0.29) is 0 Å². The van der Waals surface area contributed by atoms with E-state index in [1.54, 1.807) is 0 Å². The highest BCUT2D eigenvalue weighted by Gasteiger charge is 2.16. The van der Waals surface area contributed by atoms with Crippen LogP contribution in [0.1, 0.15) is 0 Å². The van der Waals surface area contributed by atoms with E-state index in [0.717, 1.165) is 18.9 Å². The van der Waals surface area contributed by atoms with Crippen molar-refractivity contribution in [3.05, 3.63) is 11.2 Å². The fourth-order valence-corrected chi connectivity index (χ4v) is 1.40. The average molecular weight is 158 g/mol. The molecule has 0 fully saturated rings. The zero-order valence-electron chi connectivity index (χ0n) is 5.71. The van der Waals surface area contributed by atoms with Crippen LogP contribution in [0.2, 0.25) is 5.15 Å². The molecule has 0 N–H and O–H groups in total. The summed E-state index contributed by atoms with van der Waals surface area (Å²) in [4.78, 5) is 2.14. The highest BCUT2D eigenvalue weighted by atomic mass is 35.5. The fraction of sp³-hybridized carbons (Fsp3) is 0.500. The lowest BCUT2D eigenvalue weighted by molar-refractivity contribution is 0.692. The lowest BCUT2D eigenvalue weighted by Crippen LogP contribution is -2.12. The van der Waals surface area contributed by atoms with Gasteiger partial charge in [0.1, 0.15) is 5.82 Å². The Kier molecular flexibility index (Phi) is 1.14.